The minimum absolute atomic E-state index is 0.330. The van der Waals surface area contributed by atoms with E-state index >= 15 is 0 Å². The van der Waals surface area contributed by atoms with E-state index in [9.17, 15) is 0 Å². The predicted molar refractivity (Wildman–Crippen MR) is 65.2 cm³/mol. The monoisotopic (exact) mass is 221 g/mol. The van der Waals surface area contributed by atoms with Crippen LogP contribution in [0.4, 0.5) is 11.8 Å². The second-order valence-corrected chi connectivity index (χ2v) is 4.15. The second kappa shape index (κ2) is 5.12. The van der Waals surface area contributed by atoms with Gasteiger partial charge in [0, 0.05) is 25.3 Å². The Morgan fingerprint density at radius 3 is 2.88 bits per heavy atom. The van der Waals surface area contributed by atoms with Crippen molar-refractivity contribution in [3.05, 3.63) is 12.3 Å². The summed E-state index contributed by atoms with van der Waals surface area (Å²) in [5, 5.41) is 3.41. The Morgan fingerprint density at radius 1 is 1.50 bits per heavy atom. The number of nitrogen functional groups attached to an aromatic ring is 1. The molecule has 0 saturated carbocycles. The fourth-order valence-electron chi connectivity index (χ4n) is 2.06. The van der Waals surface area contributed by atoms with E-state index in [0.717, 1.165) is 38.3 Å². The molecule has 88 valence electrons. The van der Waals surface area contributed by atoms with Crippen LogP contribution >= 0.6 is 0 Å². The molecule has 0 atom stereocenters. The number of nitrogens with two attached hydrogens (primary N) is 1. The van der Waals surface area contributed by atoms with E-state index in [1.165, 1.54) is 0 Å². The first-order valence-electron chi connectivity index (χ1n) is 5.85. The van der Waals surface area contributed by atoms with Crippen LogP contribution in [0.2, 0.25) is 0 Å². The summed E-state index contributed by atoms with van der Waals surface area (Å²) in [6.45, 7) is 5.68. The van der Waals surface area contributed by atoms with E-state index in [0.29, 0.717) is 12.0 Å². The van der Waals surface area contributed by atoms with E-state index in [1.54, 1.807) is 6.20 Å². The van der Waals surface area contributed by atoms with Crippen LogP contribution in [0.1, 0.15) is 19.8 Å². The average molecular weight is 221 g/mol. The first-order valence-corrected chi connectivity index (χ1v) is 5.85. The zero-order valence-electron chi connectivity index (χ0n) is 9.69. The number of anilines is 2. The number of aromatic nitrogens is 2. The van der Waals surface area contributed by atoms with Gasteiger partial charge in [-0.25, -0.2) is 4.98 Å². The zero-order chi connectivity index (χ0) is 11.4. The van der Waals surface area contributed by atoms with E-state index < -0.39 is 0 Å². The lowest BCUT2D eigenvalue weighted by Crippen LogP contribution is -2.39. The molecule has 0 unspecified atom stereocenters. The number of nitrogens with zero attached hydrogens (tertiary/aromatic N) is 3. The van der Waals surface area contributed by atoms with Gasteiger partial charge in [0.1, 0.15) is 5.82 Å². The van der Waals surface area contributed by atoms with Crippen molar-refractivity contribution in [2.75, 3.05) is 30.7 Å². The van der Waals surface area contributed by atoms with Gasteiger partial charge >= 0.3 is 0 Å². The van der Waals surface area contributed by atoms with Gasteiger partial charge < -0.3 is 16.0 Å². The molecule has 1 saturated heterocycles. The molecule has 5 heteroatoms. The topological polar surface area (TPSA) is 67.1 Å². The molecule has 0 bridgehead atoms. The van der Waals surface area contributed by atoms with Crippen LogP contribution in [-0.2, 0) is 0 Å². The van der Waals surface area contributed by atoms with Crippen LogP contribution < -0.4 is 11.1 Å². The summed E-state index contributed by atoms with van der Waals surface area (Å²) < 4.78 is 0. The molecule has 16 heavy (non-hydrogen) atoms. The maximum atomic E-state index is 5.54. The Bertz CT molecular complexity index is 333. The molecular formula is C11H19N5. The third-order valence-corrected chi connectivity index (χ3v) is 3.06. The molecular weight excluding hydrogens is 202 g/mol. The van der Waals surface area contributed by atoms with Gasteiger partial charge in [0.05, 0.1) is 0 Å². The Morgan fingerprint density at radius 2 is 2.25 bits per heavy atom. The van der Waals surface area contributed by atoms with Crippen LogP contribution in [0.5, 0.6) is 0 Å². The van der Waals surface area contributed by atoms with Gasteiger partial charge in [-0.15, -0.1) is 0 Å². The molecule has 0 amide bonds. The van der Waals surface area contributed by atoms with Gasteiger partial charge in [-0.3, -0.25) is 0 Å². The van der Waals surface area contributed by atoms with Gasteiger partial charge in [0.2, 0.25) is 5.95 Å². The van der Waals surface area contributed by atoms with Crippen molar-refractivity contribution in [1.29, 1.82) is 0 Å². The summed E-state index contributed by atoms with van der Waals surface area (Å²) in [5.41, 5.74) is 5.54. The largest absolute Gasteiger partial charge is 0.368 e. The highest BCUT2D eigenvalue weighted by Gasteiger charge is 2.17. The summed E-state index contributed by atoms with van der Waals surface area (Å²) in [7, 11) is 0. The smallest absolute Gasteiger partial charge is 0.221 e. The number of piperidine rings is 1. The maximum absolute atomic E-state index is 5.54. The number of hydrogen-bond donors (Lipinski definition) is 2. The summed E-state index contributed by atoms with van der Waals surface area (Å²) >= 11 is 0. The van der Waals surface area contributed by atoms with Crippen molar-refractivity contribution in [2.24, 2.45) is 0 Å². The average Bonchev–Trinajstić information content (AvgIpc) is 2.30. The van der Waals surface area contributed by atoms with Crippen LogP contribution in [0, 0.1) is 0 Å². The molecule has 3 N–H and O–H groups in total. The standard InChI is InChI=1S/C11H19N5/c1-2-16-7-4-9(5-8-16)14-10-3-6-13-11(12)15-10/h3,6,9H,2,4-5,7-8H2,1H3,(H3,12,13,14,15). The fraction of sp³-hybridized carbons (Fsp3) is 0.636. The zero-order valence-corrected chi connectivity index (χ0v) is 9.69. The number of rotatable bonds is 3. The summed E-state index contributed by atoms with van der Waals surface area (Å²) in [6.07, 6.45) is 4.02. The van der Waals surface area contributed by atoms with E-state index in [2.05, 4.69) is 27.1 Å². The van der Waals surface area contributed by atoms with Gasteiger partial charge in [-0.05, 0) is 25.5 Å². The molecule has 1 fully saturated rings. The van der Waals surface area contributed by atoms with Crippen molar-refractivity contribution in [1.82, 2.24) is 14.9 Å². The molecule has 2 heterocycles. The second-order valence-electron chi connectivity index (χ2n) is 4.15. The first kappa shape index (κ1) is 11.1. The van der Waals surface area contributed by atoms with Crippen molar-refractivity contribution in [3.8, 4) is 0 Å². The molecule has 1 aromatic rings. The minimum Gasteiger partial charge on any atom is -0.368 e. The number of hydrogen-bond acceptors (Lipinski definition) is 5. The summed E-state index contributed by atoms with van der Waals surface area (Å²) in [4.78, 5) is 10.5. The molecule has 0 aromatic carbocycles. The Kier molecular flexibility index (Phi) is 3.56. The van der Waals surface area contributed by atoms with Crippen LogP contribution in [0.15, 0.2) is 12.3 Å². The Labute approximate surface area is 96.1 Å². The minimum atomic E-state index is 0.330. The molecule has 1 aliphatic rings. The molecule has 0 radical (unpaired) electrons. The van der Waals surface area contributed by atoms with Crippen molar-refractivity contribution < 1.29 is 0 Å². The Hall–Kier alpha value is -1.36. The van der Waals surface area contributed by atoms with Crippen molar-refractivity contribution in [2.45, 2.75) is 25.8 Å². The normalized spacial score (nSPS) is 18.6. The Balaban J connectivity index is 1.87. The fourth-order valence-corrected chi connectivity index (χ4v) is 2.06. The van der Waals surface area contributed by atoms with E-state index in [4.69, 9.17) is 5.73 Å². The predicted octanol–water partition coefficient (Wildman–Crippen LogP) is 0.955. The molecule has 1 aliphatic heterocycles. The first-order chi connectivity index (χ1) is 7.78. The van der Waals surface area contributed by atoms with Crippen LogP contribution in [-0.4, -0.2) is 40.5 Å². The van der Waals surface area contributed by atoms with Gasteiger partial charge in [-0.2, -0.15) is 4.98 Å². The highest BCUT2D eigenvalue weighted by molar-refractivity contribution is 5.38. The third kappa shape index (κ3) is 2.82. The van der Waals surface area contributed by atoms with Gasteiger partial charge in [0.25, 0.3) is 0 Å². The molecule has 0 spiro atoms. The van der Waals surface area contributed by atoms with Gasteiger partial charge in [0.15, 0.2) is 0 Å². The van der Waals surface area contributed by atoms with Gasteiger partial charge in [-0.1, -0.05) is 6.92 Å². The van der Waals surface area contributed by atoms with Crippen molar-refractivity contribution in [3.63, 3.8) is 0 Å². The van der Waals surface area contributed by atoms with Crippen LogP contribution in [0.3, 0.4) is 0 Å². The third-order valence-electron chi connectivity index (χ3n) is 3.06. The molecule has 2 rings (SSSR count). The highest BCUT2D eigenvalue weighted by Crippen LogP contribution is 2.14. The van der Waals surface area contributed by atoms with E-state index in [-0.39, 0.29) is 0 Å². The SMILES string of the molecule is CCN1CCC(Nc2ccnc(N)n2)CC1. The number of likely N-dealkylation sites (tertiary alicyclic amines) is 1. The van der Waals surface area contributed by atoms with E-state index in [1.807, 2.05) is 6.07 Å². The maximum Gasteiger partial charge on any atom is 0.221 e. The summed E-state index contributed by atoms with van der Waals surface area (Å²) in [5.74, 6) is 1.17. The lowest BCUT2D eigenvalue weighted by molar-refractivity contribution is 0.229. The highest BCUT2D eigenvalue weighted by atomic mass is 15.2. The summed E-state index contributed by atoms with van der Waals surface area (Å²) in [6, 6.07) is 2.37. The number of nitrogens with one attached hydrogen (secondary N) is 1. The van der Waals surface area contributed by atoms with Crippen molar-refractivity contribution >= 4 is 11.8 Å². The molecule has 0 aliphatic carbocycles. The molecule has 1 aromatic heterocycles. The quantitative estimate of drug-likeness (QED) is 0.795. The lowest BCUT2D eigenvalue weighted by atomic mass is 10.1. The molecule has 5 nitrogen and oxygen atoms in total. The van der Waals surface area contributed by atoms with Crippen LogP contribution in [0.25, 0.3) is 0 Å². The lowest BCUT2D eigenvalue weighted by Gasteiger charge is -2.31.